The third kappa shape index (κ3) is 3.38. The molecule has 0 aliphatic heterocycles. The summed E-state index contributed by atoms with van der Waals surface area (Å²) >= 11 is 5.95. The number of rotatable bonds is 5. The van der Waals surface area contributed by atoms with Gasteiger partial charge in [-0.15, -0.1) is 0 Å². The van der Waals surface area contributed by atoms with Crippen molar-refractivity contribution in [3.05, 3.63) is 73.8 Å². The van der Waals surface area contributed by atoms with Crippen molar-refractivity contribution in [1.82, 2.24) is 0 Å². The molecule has 0 amide bonds. The van der Waals surface area contributed by atoms with Crippen LogP contribution in [0, 0.1) is 20.2 Å². The Morgan fingerprint density at radius 2 is 1.87 bits per heavy atom. The van der Waals surface area contributed by atoms with Gasteiger partial charge in [0.2, 0.25) is 5.75 Å². The third-order valence-electron chi connectivity index (χ3n) is 2.99. The van der Waals surface area contributed by atoms with Gasteiger partial charge in [0.15, 0.2) is 0 Å². The van der Waals surface area contributed by atoms with Crippen LogP contribution >= 0.6 is 11.6 Å². The van der Waals surface area contributed by atoms with Gasteiger partial charge in [-0.05, 0) is 12.1 Å². The SMILES string of the molecule is C=C(Nc1ccc([N+](=O)[O-])cc1Cl)c1cccc([N+](=O)[O-])c1O. The van der Waals surface area contributed by atoms with Gasteiger partial charge in [0, 0.05) is 29.5 Å². The predicted molar refractivity (Wildman–Crippen MR) is 85.5 cm³/mol. The summed E-state index contributed by atoms with van der Waals surface area (Å²) in [5.41, 5.74) is -0.0478. The average Bonchev–Trinajstić information content (AvgIpc) is 2.48. The Morgan fingerprint density at radius 3 is 2.43 bits per heavy atom. The van der Waals surface area contributed by atoms with Crippen LogP contribution in [-0.4, -0.2) is 15.0 Å². The van der Waals surface area contributed by atoms with Crippen LogP contribution in [0.1, 0.15) is 5.56 Å². The number of phenols is 1. The first kappa shape index (κ1) is 16.2. The van der Waals surface area contributed by atoms with Crippen molar-refractivity contribution < 1.29 is 15.0 Å². The van der Waals surface area contributed by atoms with Gasteiger partial charge in [-0.1, -0.05) is 24.2 Å². The van der Waals surface area contributed by atoms with Gasteiger partial charge in [0.05, 0.1) is 20.6 Å². The van der Waals surface area contributed by atoms with E-state index in [4.69, 9.17) is 11.6 Å². The molecule has 0 spiro atoms. The molecule has 23 heavy (non-hydrogen) atoms. The van der Waals surface area contributed by atoms with E-state index >= 15 is 0 Å². The Balaban J connectivity index is 2.31. The summed E-state index contributed by atoms with van der Waals surface area (Å²) < 4.78 is 0. The Hall–Kier alpha value is -3.13. The molecule has 0 fully saturated rings. The van der Waals surface area contributed by atoms with Gasteiger partial charge in [-0.25, -0.2) is 0 Å². The van der Waals surface area contributed by atoms with Crippen LogP contribution in [0.5, 0.6) is 5.75 Å². The molecule has 0 atom stereocenters. The van der Waals surface area contributed by atoms with Crippen LogP contribution in [0.3, 0.4) is 0 Å². The first-order valence-corrected chi connectivity index (χ1v) is 6.55. The van der Waals surface area contributed by atoms with Crippen LogP contribution in [0.25, 0.3) is 5.70 Å². The Labute approximate surface area is 134 Å². The van der Waals surface area contributed by atoms with Crippen molar-refractivity contribution in [3.63, 3.8) is 0 Å². The predicted octanol–water partition coefficient (Wildman–Crippen LogP) is 3.94. The number of non-ortho nitro benzene ring substituents is 1. The molecule has 0 heterocycles. The molecule has 2 rings (SSSR count). The number of benzene rings is 2. The maximum absolute atomic E-state index is 10.8. The average molecular weight is 336 g/mol. The number of phenolic OH excluding ortho intramolecular Hbond substituents is 1. The van der Waals surface area contributed by atoms with E-state index in [0.29, 0.717) is 5.69 Å². The standard InChI is InChI=1S/C14H10ClN3O5/c1-8(10-3-2-4-13(14(10)19)18(22)23)16-12-6-5-9(17(20)21)7-11(12)15/h2-7,16,19H,1H2. The highest BCUT2D eigenvalue weighted by Crippen LogP contribution is 2.35. The number of nitro benzene ring substituents is 2. The van der Waals surface area contributed by atoms with Crippen molar-refractivity contribution in [2.75, 3.05) is 5.32 Å². The van der Waals surface area contributed by atoms with Crippen LogP contribution in [-0.2, 0) is 0 Å². The fraction of sp³-hybridized carbons (Fsp3) is 0. The van der Waals surface area contributed by atoms with Gasteiger partial charge in [-0.3, -0.25) is 20.2 Å². The number of nitro groups is 2. The molecule has 9 heteroatoms. The minimum atomic E-state index is -0.717. The highest BCUT2D eigenvalue weighted by Gasteiger charge is 2.18. The molecule has 0 radical (unpaired) electrons. The highest BCUT2D eigenvalue weighted by atomic mass is 35.5. The van der Waals surface area contributed by atoms with Crippen LogP contribution < -0.4 is 5.32 Å². The Morgan fingerprint density at radius 1 is 1.17 bits per heavy atom. The van der Waals surface area contributed by atoms with E-state index in [0.717, 1.165) is 12.1 Å². The normalized spacial score (nSPS) is 10.1. The van der Waals surface area contributed by atoms with E-state index in [2.05, 4.69) is 11.9 Å². The number of para-hydroxylation sites is 1. The quantitative estimate of drug-likeness (QED) is 0.630. The third-order valence-corrected chi connectivity index (χ3v) is 3.30. The number of anilines is 1. The largest absolute Gasteiger partial charge is 0.502 e. The van der Waals surface area contributed by atoms with Crippen LogP contribution in [0.15, 0.2) is 43.0 Å². The Bertz CT molecular complexity index is 822. The minimum absolute atomic E-state index is 0.0743. The molecule has 0 saturated carbocycles. The van der Waals surface area contributed by atoms with Crippen molar-refractivity contribution in [1.29, 1.82) is 0 Å². The Kier molecular flexibility index (Phi) is 4.47. The molecule has 0 saturated heterocycles. The number of aromatic hydroxyl groups is 1. The lowest BCUT2D eigenvalue weighted by atomic mass is 10.1. The monoisotopic (exact) mass is 335 g/mol. The number of halogens is 1. The maximum atomic E-state index is 10.8. The minimum Gasteiger partial charge on any atom is -0.502 e. The molecule has 2 aromatic carbocycles. The second kappa shape index (κ2) is 6.32. The van der Waals surface area contributed by atoms with Gasteiger partial charge in [-0.2, -0.15) is 0 Å². The van der Waals surface area contributed by atoms with Crippen LogP contribution in [0.4, 0.5) is 17.1 Å². The molecule has 8 nitrogen and oxygen atoms in total. The maximum Gasteiger partial charge on any atom is 0.311 e. The molecule has 0 unspecified atom stereocenters. The highest BCUT2D eigenvalue weighted by molar-refractivity contribution is 6.33. The summed E-state index contributed by atoms with van der Waals surface area (Å²) in [4.78, 5) is 20.2. The lowest BCUT2D eigenvalue weighted by Crippen LogP contribution is -2.00. The fourth-order valence-corrected chi connectivity index (χ4v) is 2.09. The fourth-order valence-electron chi connectivity index (χ4n) is 1.87. The number of nitrogens with zero attached hydrogens (tertiary/aromatic N) is 2. The summed E-state index contributed by atoms with van der Waals surface area (Å²) in [7, 11) is 0. The molecule has 0 aliphatic rings. The summed E-state index contributed by atoms with van der Waals surface area (Å²) in [6.07, 6.45) is 0. The first-order chi connectivity index (χ1) is 10.8. The first-order valence-electron chi connectivity index (χ1n) is 6.18. The van der Waals surface area contributed by atoms with Crippen molar-refractivity contribution in [2.24, 2.45) is 0 Å². The zero-order chi connectivity index (χ0) is 17.1. The zero-order valence-electron chi connectivity index (χ0n) is 11.5. The lowest BCUT2D eigenvalue weighted by molar-refractivity contribution is -0.385. The molecule has 0 aromatic heterocycles. The second-order valence-electron chi connectivity index (χ2n) is 4.46. The molecule has 0 bridgehead atoms. The molecular weight excluding hydrogens is 326 g/mol. The van der Waals surface area contributed by atoms with E-state index in [1.165, 1.54) is 24.3 Å². The molecule has 2 N–H and O–H groups in total. The number of hydrogen-bond acceptors (Lipinski definition) is 6. The summed E-state index contributed by atoms with van der Waals surface area (Å²) in [6.45, 7) is 3.69. The van der Waals surface area contributed by atoms with Gasteiger partial charge in [0.1, 0.15) is 0 Å². The van der Waals surface area contributed by atoms with Crippen LogP contribution in [0.2, 0.25) is 5.02 Å². The molecule has 2 aromatic rings. The van der Waals surface area contributed by atoms with E-state index in [1.807, 2.05) is 0 Å². The number of hydrogen-bond donors (Lipinski definition) is 2. The molecule has 0 aliphatic carbocycles. The van der Waals surface area contributed by atoms with Crippen molar-refractivity contribution in [2.45, 2.75) is 0 Å². The van der Waals surface area contributed by atoms with E-state index in [1.54, 1.807) is 0 Å². The zero-order valence-corrected chi connectivity index (χ0v) is 12.3. The molecule has 118 valence electrons. The summed E-state index contributed by atoms with van der Waals surface area (Å²) in [5.74, 6) is -0.534. The van der Waals surface area contributed by atoms with Gasteiger partial charge < -0.3 is 10.4 Å². The summed E-state index contributed by atoms with van der Waals surface area (Å²) in [5, 5.41) is 34.3. The van der Waals surface area contributed by atoms with Gasteiger partial charge >= 0.3 is 5.69 Å². The van der Waals surface area contributed by atoms with E-state index in [9.17, 15) is 25.3 Å². The topological polar surface area (TPSA) is 119 Å². The summed E-state index contributed by atoms with van der Waals surface area (Å²) in [6, 6.07) is 7.78. The smallest absolute Gasteiger partial charge is 0.311 e. The van der Waals surface area contributed by atoms with E-state index in [-0.39, 0.29) is 22.0 Å². The second-order valence-corrected chi connectivity index (χ2v) is 4.86. The van der Waals surface area contributed by atoms with Crippen molar-refractivity contribution in [3.8, 4) is 5.75 Å². The molecular formula is C14H10ClN3O5. The van der Waals surface area contributed by atoms with Crippen molar-refractivity contribution >= 4 is 34.4 Å². The van der Waals surface area contributed by atoms with E-state index < -0.39 is 21.3 Å². The van der Waals surface area contributed by atoms with Gasteiger partial charge in [0.25, 0.3) is 5.69 Å². The lowest BCUT2D eigenvalue weighted by Gasteiger charge is -2.12. The number of nitrogens with one attached hydrogen (secondary N) is 1.